The minimum atomic E-state index is 0. The van der Waals surface area contributed by atoms with E-state index in [2.05, 4.69) is 63.3 Å². The van der Waals surface area contributed by atoms with Crippen molar-refractivity contribution in [2.24, 2.45) is 4.99 Å². The van der Waals surface area contributed by atoms with Crippen molar-refractivity contribution in [3.63, 3.8) is 0 Å². The molecule has 25 heavy (non-hydrogen) atoms. The Morgan fingerprint density at radius 2 is 2.00 bits per heavy atom. The molecule has 0 saturated carbocycles. The first-order valence-corrected chi connectivity index (χ1v) is 8.62. The van der Waals surface area contributed by atoms with Crippen molar-refractivity contribution in [2.75, 3.05) is 13.6 Å². The molecule has 5 nitrogen and oxygen atoms in total. The third-order valence-corrected chi connectivity index (χ3v) is 4.27. The zero-order valence-corrected chi connectivity index (χ0v) is 18.0. The third kappa shape index (κ3) is 6.68. The molecule has 1 aromatic carbocycles. The molecule has 0 amide bonds. The molecule has 0 spiro atoms. The van der Waals surface area contributed by atoms with Crippen LogP contribution < -0.4 is 10.6 Å². The average molecular weight is 455 g/mol. The Labute approximate surface area is 168 Å². The third-order valence-electron chi connectivity index (χ3n) is 4.27. The monoisotopic (exact) mass is 455 g/mol. The van der Waals surface area contributed by atoms with E-state index in [9.17, 15) is 0 Å². The lowest BCUT2D eigenvalue weighted by Gasteiger charge is -2.19. The highest BCUT2D eigenvalue weighted by atomic mass is 127. The van der Waals surface area contributed by atoms with Crippen LogP contribution in [0.1, 0.15) is 42.8 Å². The lowest BCUT2D eigenvalue weighted by atomic mass is 10.0. The highest BCUT2D eigenvalue weighted by molar-refractivity contribution is 14.0. The second kappa shape index (κ2) is 11.1. The summed E-state index contributed by atoms with van der Waals surface area (Å²) in [7, 11) is 1.81. The fourth-order valence-electron chi connectivity index (χ4n) is 2.80. The van der Waals surface area contributed by atoms with Crippen LogP contribution in [-0.2, 0) is 6.54 Å². The van der Waals surface area contributed by atoms with Crippen LogP contribution in [0, 0.1) is 13.8 Å². The molecule has 0 saturated heterocycles. The van der Waals surface area contributed by atoms with Crippen molar-refractivity contribution in [3.8, 4) is 0 Å². The SMILES string of the molecule is CN=C(NCCCCn1ccnc1C)NC(C)c1ccccc1C.I. The maximum absolute atomic E-state index is 4.32. The summed E-state index contributed by atoms with van der Waals surface area (Å²) >= 11 is 0. The van der Waals surface area contributed by atoms with Crippen molar-refractivity contribution in [1.29, 1.82) is 0 Å². The Kier molecular flexibility index (Phi) is 9.55. The molecular weight excluding hydrogens is 425 g/mol. The van der Waals surface area contributed by atoms with Crippen LogP contribution >= 0.6 is 24.0 Å². The number of aryl methyl sites for hydroxylation is 3. The number of imidazole rings is 1. The Morgan fingerprint density at radius 3 is 2.64 bits per heavy atom. The number of benzene rings is 1. The van der Waals surface area contributed by atoms with Gasteiger partial charge in [-0.25, -0.2) is 4.98 Å². The van der Waals surface area contributed by atoms with E-state index in [1.54, 1.807) is 0 Å². The number of aliphatic imine (C=N–C) groups is 1. The van der Waals surface area contributed by atoms with Gasteiger partial charge in [-0.05, 0) is 44.7 Å². The first kappa shape index (κ1) is 21.5. The number of hydrogen-bond donors (Lipinski definition) is 2. The Balaban J connectivity index is 0.00000312. The molecule has 0 radical (unpaired) electrons. The largest absolute Gasteiger partial charge is 0.356 e. The Hall–Kier alpha value is -1.57. The summed E-state index contributed by atoms with van der Waals surface area (Å²) in [6.45, 7) is 8.27. The topological polar surface area (TPSA) is 54.2 Å². The molecule has 0 bridgehead atoms. The van der Waals surface area contributed by atoms with E-state index in [-0.39, 0.29) is 30.0 Å². The molecule has 2 N–H and O–H groups in total. The van der Waals surface area contributed by atoms with Crippen molar-refractivity contribution < 1.29 is 0 Å². The van der Waals surface area contributed by atoms with Gasteiger partial charge in [-0.15, -0.1) is 24.0 Å². The van der Waals surface area contributed by atoms with Crippen molar-refractivity contribution in [3.05, 3.63) is 53.6 Å². The van der Waals surface area contributed by atoms with Crippen molar-refractivity contribution in [2.45, 2.75) is 46.2 Å². The van der Waals surface area contributed by atoms with Crippen LogP contribution in [0.3, 0.4) is 0 Å². The normalized spacial score (nSPS) is 12.4. The van der Waals surface area contributed by atoms with Gasteiger partial charge in [0.1, 0.15) is 5.82 Å². The molecule has 0 aliphatic carbocycles. The van der Waals surface area contributed by atoms with Gasteiger partial charge >= 0.3 is 0 Å². The molecule has 0 fully saturated rings. The molecule has 138 valence electrons. The minimum absolute atomic E-state index is 0. The summed E-state index contributed by atoms with van der Waals surface area (Å²) in [5.74, 6) is 1.93. The molecule has 1 atom stereocenters. The fraction of sp³-hybridized carbons (Fsp3) is 0.474. The van der Waals surface area contributed by atoms with Crippen LogP contribution in [-0.4, -0.2) is 29.1 Å². The van der Waals surface area contributed by atoms with E-state index >= 15 is 0 Å². The predicted octanol–water partition coefficient (Wildman–Crippen LogP) is 3.82. The molecule has 1 aromatic heterocycles. The number of nitrogens with zero attached hydrogens (tertiary/aromatic N) is 3. The number of rotatable bonds is 7. The van der Waals surface area contributed by atoms with Gasteiger partial charge in [0.05, 0.1) is 6.04 Å². The predicted molar refractivity (Wildman–Crippen MR) is 116 cm³/mol. The van der Waals surface area contributed by atoms with E-state index < -0.39 is 0 Å². The van der Waals surface area contributed by atoms with Crippen LogP contribution in [0.2, 0.25) is 0 Å². The summed E-state index contributed by atoms with van der Waals surface area (Å²) in [6.07, 6.45) is 6.10. The number of unbranched alkanes of at least 4 members (excludes halogenated alkanes) is 1. The fourth-order valence-corrected chi connectivity index (χ4v) is 2.80. The first-order chi connectivity index (χ1) is 11.6. The van der Waals surface area contributed by atoms with E-state index in [1.165, 1.54) is 11.1 Å². The number of guanidine groups is 1. The van der Waals surface area contributed by atoms with Crippen LogP contribution in [0.25, 0.3) is 0 Å². The highest BCUT2D eigenvalue weighted by Gasteiger charge is 2.09. The van der Waals surface area contributed by atoms with E-state index in [4.69, 9.17) is 0 Å². The number of hydrogen-bond acceptors (Lipinski definition) is 2. The summed E-state index contributed by atoms with van der Waals surface area (Å²) in [5.41, 5.74) is 2.60. The van der Waals surface area contributed by atoms with Crippen molar-refractivity contribution >= 4 is 29.9 Å². The maximum Gasteiger partial charge on any atom is 0.191 e. The molecule has 2 rings (SSSR count). The van der Waals surface area contributed by atoms with E-state index in [0.29, 0.717) is 0 Å². The summed E-state index contributed by atoms with van der Waals surface area (Å²) in [5, 5.41) is 6.86. The summed E-state index contributed by atoms with van der Waals surface area (Å²) in [4.78, 5) is 8.57. The van der Waals surface area contributed by atoms with Crippen LogP contribution in [0.4, 0.5) is 0 Å². The van der Waals surface area contributed by atoms with Gasteiger partial charge in [-0.2, -0.15) is 0 Å². The summed E-state index contributed by atoms with van der Waals surface area (Å²) < 4.78 is 2.19. The number of aromatic nitrogens is 2. The van der Waals surface area contributed by atoms with E-state index in [0.717, 1.165) is 37.7 Å². The molecule has 0 aliphatic heterocycles. The molecule has 0 aliphatic rings. The quantitative estimate of drug-likeness (QED) is 0.289. The number of halogens is 1. The lowest BCUT2D eigenvalue weighted by Crippen LogP contribution is -2.39. The van der Waals surface area contributed by atoms with Gasteiger partial charge in [0.2, 0.25) is 0 Å². The second-order valence-corrected chi connectivity index (χ2v) is 6.10. The average Bonchev–Trinajstić information content (AvgIpc) is 2.98. The standard InChI is InChI=1S/C19H29N5.HI/c1-15-9-5-6-10-18(15)16(2)23-19(20-4)22-11-7-8-13-24-14-12-21-17(24)3;/h5-6,9-10,12,14,16H,7-8,11,13H2,1-4H3,(H2,20,22,23);1H. The van der Waals surface area contributed by atoms with Gasteiger partial charge in [0, 0.05) is 32.5 Å². The van der Waals surface area contributed by atoms with Crippen molar-refractivity contribution in [1.82, 2.24) is 20.2 Å². The van der Waals surface area contributed by atoms with Crippen LogP contribution in [0.5, 0.6) is 0 Å². The van der Waals surface area contributed by atoms with Crippen LogP contribution in [0.15, 0.2) is 41.7 Å². The van der Waals surface area contributed by atoms with Gasteiger partial charge in [-0.3, -0.25) is 4.99 Å². The lowest BCUT2D eigenvalue weighted by molar-refractivity contribution is 0.585. The Morgan fingerprint density at radius 1 is 1.24 bits per heavy atom. The zero-order chi connectivity index (χ0) is 17.4. The second-order valence-electron chi connectivity index (χ2n) is 6.10. The van der Waals surface area contributed by atoms with Gasteiger partial charge in [-0.1, -0.05) is 24.3 Å². The zero-order valence-electron chi connectivity index (χ0n) is 15.6. The van der Waals surface area contributed by atoms with Gasteiger partial charge in [0.15, 0.2) is 5.96 Å². The molecule has 2 aromatic rings. The minimum Gasteiger partial charge on any atom is -0.356 e. The molecular formula is C19H30IN5. The van der Waals surface area contributed by atoms with Gasteiger partial charge in [0.25, 0.3) is 0 Å². The number of nitrogens with one attached hydrogen (secondary N) is 2. The molecule has 1 heterocycles. The smallest absolute Gasteiger partial charge is 0.191 e. The first-order valence-electron chi connectivity index (χ1n) is 8.62. The maximum atomic E-state index is 4.32. The van der Waals surface area contributed by atoms with Gasteiger partial charge < -0.3 is 15.2 Å². The molecule has 1 unspecified atom stereocenters. The Bertz CT molecular complexity index is 665. The molecule has 6 heteroatoms. The summed E-state index contributed by atoms with van der Waals surface area (Å²) in [6, 6.07) is 8.68. The highest BCUT2D eigenvalue weighted by Crippen LogP contribution is 2.16. The van der Waals surface area contributed by atoms with E-state index in [1.807, 2.05) is 26.4 Å².